The minimum absolute atomic E-state index is 0.0355. The highest BCUT2D eigenvalue weighted by Crippen LogP contribution is 2.28. The molecular weight excluding hydrogens is 622 g/mol. The van der Waals surface area contributed by atoms with Gasteiger partial charge in [0.15, 0.2) is 0 Å². The van der Waals surface area contributed by atoms with Crippen LogP contribution in [0.1, 0.15) is 37.0 Å². The van der Waals surface area contributed by atoms with Crippen molar-refractivity contribution < 1.29 is 22.7 Å². The molecule has 8 nitrogen and oxygen atoms in total. The summed E-state index contributed by atoms with van der Waals surface area (Å²) in [4.78, 5) is 30.0. The van der Waals surface area contributed by atoms with Crippen LogP contribution in [0, 0.1) is 6.92 Å². The third-order valence-electron chi connectivity index (χ3n) is 7.77. The second-order valence-electron chi connectivity index (χ2n) is 11.2. The van der Waals surface area contributed by atoms with E-state index < -0.39 is 28.5 Å². The van der Waals surface area contributed by atoms with E-state index in [2.05, 4.69) is 5.32 Å². The lowest BCUT2D eigenvalue weighted by Crippen LogP contribution is -2.54. The Kier molecular flexibility index (Phi) is 11.8. The molecule has 10 heteroatoms. The molecule has 0 saturated heterocycles. The van der Waals surface area contributed by atoms with E-state index in [9.17, 15) is 18.0 Å². The number of hydrogen-bond acceptors (Lipinski definition) is 5. The van der Waals surface area contributed by atoms with E-state index >= 15 is 0 Å². The lowest BCUT2D eigenvalue weighted by molar-refractivity contribution is -0.140. The van der Waals surface area contributed by atoms with Crippen LogP contribution in [0.15, 0.2) is 108 Å². The van der Waals surface area contributed by atoms with Gasteiger partial charge in [0.1, 0.15) is 18.3 Å². The van der Waals surface area contributed by atoms with Crippen LogP contribution in [0.4, 0.5) is 5.69 Å². The fraction of sp³-hybridized carbons (Fsp3) is 0.278. The monoisotopic (exact) mass is 661 g/mol. The Morgan fingerprint density at radius 3 is 2.20 bits per heavy atom. The standard InChI is InChI=1S/C36H40ClN3O5S/c1-5-27(3)38-36(42)34(22-28-10-7-6-8-11-28)39(24-29-16-18-30(37)19-17-29)35(41)25-40(31-12-9-13-32(23-31)45-4)46(43,44)33-20-14-26(2)15-21-33/h6-21,23,27,34H,5,22,24-25H2,1-4H3,(H,38,42)/t27-,34+/m0/s1. The number of anilines is 1. The van der Waals surface area contributed by atoms with Crippen LogP contribution in [0.3, 0.4) is 0 Å². The summed E-state index contributed by atoms with van der Waals surface area (Å²) in [7, 11) is -2.73. The Labute approximate surface area is 277 Å². The molecule has 0 spiro atoms. The minimum atomic E-state index is -4.22. The van der Waals surface area contributed by atoms with E-state index in [1.54, 1.807) is 60.7 Å². The van der Waals surface area contributed by atoms with Crippen molar-refractivity contribution in [2.24, 2.45) is 0 Å². The number of carbonyl (C=O) groups excluding carboxylic acids is 2. The lowest BCUT2D eigenvalue weighted by Gasteiger charge is -2.34. The van der Waals surface area contributed by atoms with Crippen LogP contribution < -0.4 is 14.4 Å². The Morgan fingerprint density at radius 2 is 1.57 bits per heavy atom. The van der Waals surface area contributed by atoms with Gasteiger partial charge < -0.3 is 15.0 Å². The van der Waals surface area contributed by atoms with Crippen LogP contribution >= 0.6 is 11.6 Å². The van der Waals surface area contributed by atoms with E-state index in [-0.39, 0.29) is 35.5 Å². The van der Waals surface area contributed by atoms with E-state index in [0.29, 0.717) is 17.2 Å². The molecule has 0 aliphatic rings. The highest BCUT2D eigenvalue weighted by molar-refractivity contribution is 7.92. The van der Waals surface area contributed by atoms with Crippen LogP contribution in [0.25, 0.3) is 0 Å². The number of nitrogens with one attached hydrogen (secondary N) is 1. The first-order chi connectivity index (χ1) is 22.0. The fourth-order valence-corrected chi connectivity index (χ4v) is 6.45. The SMILES string of the molecule is CC[C@H](C)NC(=O)[C@@H](Cc1ccccc1)N(Cc1ccc(Cl)cc1)C(=O)CN(c1cccc(OC)c1)S(=O)(=O)c1ccc(C)cc1. The van der Waals surface area contributed by atoms with Gasteiger partial charge in [-0.3, -0.25) is 13.9 Å². The van der Waals surface area contributed by atoms with Crippen LogP contribution in [0.5, 0.6) is 5.75 Å². The van der Waals surface area contributed by atoms with Gasteiger partial charge >= 0.3 is 0 Å². The summed E-state index contributed by atoms with van der Waals surface area (Å²) in [5.41, 5.74) is 2.75. The summed E-state index contributed by atoms with van der Waals surface area (Å²) in [5.74, 6) is -0.439. The van der Waals surface area contributed by atoms with Crippen LogP contribution in [-0.2, 0) is 32.6 Å². The second kappa shape index (κ2) is 15.8. The van der Waals surface area contributed by atoms with Gasteiger partial charge in [-0.2, -0.15) is 0 Å². The Balaban J connectivity index is 1.82. The normalized spacial score (nSPS) is 12.5. The lowest BCUT2D eigenvalue weighted by atomic mass is 10.0. The molecular formula is C36H40ClN3O5S. The Bertz CT molecular complexity index is 1720. The summed E-state index contributed by atoms with van der Waals surface area (Å²) in [6, 6.07) is 28.4. The number of ether oxygens (including phenoxy) is 1. The van der Waals surface area contributed by atoms with Gasteiger partial charge in [0, 0.05) is 30.1 Å². The molecule has 4 aromatic carbocycles. The zero-order chi connectivity index (χ0) is 33.3. The van der Waals surface area contributed by atoms with Gasteiger partial charge in [0.25, 0.3) is 10.0 Å². The smallest absolute Gasteiger partial charge is 0.264 e. The highest BCUT2D eigenvalue weighted by atomic mass is 35.5. The molecule has 242 valence electrons. The first-order valence-electron chi connectivity index (χ1n) is 15.1. The summed E-state index contributed by atoms with van der Waals surface area (Å²) in [6.07, 6.45) is 0.930. The Morgan fingerprint density at radius 1 is 0.891 bits per heavy atom. The predicted octanol–water partition coefficient (Wildman–Crippen LogP) is 6.41. The molecule has 0 fully saturated rings. The molecule has 46 heavy (non-hydrogen) atoms. The molecule has 0 radical (unpaired) electrons. The average molecular weight is 662 g/mol. The number of nitrogens with zero attached hydrogens (tertiary/aromatic N) is 2. The summed E-state index contributed by atoms with van der Waals surface area (Å²) in [6.45, 7) is 5.24. The number of hydrogen-bond donors (Lipinski definition) is 1. The minimum Gasteiger partial charge on any atom is -0.497 e. The van der Waals surface area contributed by atoms with Gasteiger partial charge in [0.05, 0.1) is 17.7 Å². The number of methoxy groups -OCH3 is 1. The first kappa shape index (κ1) is 34.5. The van der Waals surface area contributed by atoms with Crippen LogP contribution in [-0.4, -0.2) is 50.9 Å². The third kappa shape index (κ3) is 8.89. The molecule has 4 aromatic rings. The van der Waals surface area contributed by atoms with E-state index in [1.807, 2.05) is 51.1 Å². The number of rotatable bonds is 14. The highest BCUT2D eigenvalue weighted by Gasteiger charge is 2.35. The van der Waals surface area contributed by atoms with Crippen molar-refractivity contribution in [3.8, 4) is 5.75 Å². The summed E-state index contributed by atoms with van der Waals surface area (Å²) < 4.78 is 34.9. The van der Waals surface area contributed by atoms with Gasteiger partial charge in [-0.25, -0.2) is 8.42 Å². The van der Waals surface area contributed by atoms with Crippen molar-refractivity contribution in [3.05, 3.63) is 125 Å². The maximum Gasteiger partial charge on any atom is 0.264 e. The zero-order valence-corrected chi connectivity index (χ0v) is 28.1. The molecule has 0 aliphatic carbocycles. The molecule has 0 aromatic heterocycles. The van der Waals surface area contributed by atoms with Gasteiger partial charge in [-0.05, 0) is 67.8 Å². The van der Waals surface area contributed by atoms with E-state index in [1.165, 1.54) is 24.1 Å². The summed E-state index contributed by atoms with van der Waals surface area (Å²) >= 11 is 6.16. The fourth-order valence-electron chi connectivity index (χ4n) is 4.91. The number of aryl methyl sites for hydroxylation is 1. The predicted molar refractivity (Wildman–Crippen MR) is 183 cm³/mol. The number of sulfonamides is 1. The number of benzene rings is 4. The van der Waals surface area contributed by atoms with Gasteiger partial charge in [-0.15, -0.1) is 0 Å². The molecule has 0 aliphatic heterocycles. The van der Waals surface area contributed by atoms with Crippen molar-refractivity contribution in [2.75, 3.05) is 18.0 Å². The molecule has 0 bridgehead atoms. The average Bonchev–Trinajstić information content (AvgIpc) is 3.06. The summed E-state index contributed by atoms with van der Waals surface area (Å²) in [5, 5.41) is 3.57. The van der Waals surface area contributed by atoms with Crippen molar-refractivity contribution in [2.45, 2.75) is 57.1 Å². The Hall–Kier alpha value is -4.34. The molecule has 0 unspecified atom stereocenters. The van der Waals surface area contributed by atoms with E-state index in [4.69, 9.17) is 16.3 Å². The van der Waals surface area contributed by atoms with E-state index in [0.717, 1.165) is 21.0 Å². The number of amides is 2. The molecule has 2 amide bonds. The molecule has 2 atom stereocenters. The number of carbonyl (C=O) groups is 2. The molecule has 4 rings (SSSR count). The third-order valence-corrected chi connectivity index (χ3v) is 9.81. The second-order valence-corrected chi connectivity index (χ2v) is 13.5. The van der Waals surface area contributed by atoms with Crippen molar-refractivity contribution in [1.29, 1.82) is 0 Å². The quantitative estimate of drug-likeness (QED) is 0.169. The van der Waals surface area contributed by atoms with Crippen LogP contribution in [0.2, 0.25) is 5.02 Å². The molecule has 0 saturated carbocycles. The zero-order valence-electron chi connectivity index (χ0n) is 26.5. The molecule has 0 heterocycles. The molecule has 1 N–H and O–H groups in total. The van der Waals surface area contributed by atoms with Crippen molar-refractivity contribution >= 4 is 39.1 Å². The maximum atomic E-state index is 14.6. The largest absolute Gasteiger partial charge is 0.497 e. The maximum absolute atomic E-state index is 14.6. The van der Waals surface area contributed by atoms with Crippen molar-refractivity contribution in [3.63, 3.8) is 0 Å². The topological polar surface area (TPSA) is 96.0 Å². The van der Waals surface area contributed by atoms with Gasteiger partial charge in [0.2, 0.25) is 11.8 Å². The van der Waals surface area contributed by atoms with Crippen molar-refractivity contribution in [1.82, 2.24) is 10.2 Å². The van der Waals surface area contributed by atoms with Gasteiger partial charge in [-0.1, -0.05) is 84.8 Å². The number of halogens is 1. The first-order valence-corrected chi connectivity index (χ1v) is 16.9.